The molecule has 0 aromatic heterocycles. The molecular weight excluding hydrogens is 334 g/mol. The number of nitrogens with one attached hydrogen (secondary N) is 1. The minimum atomic E-state index is -0.222. The SMILES string of the molecule is Cc1cc(Br)c(NC2CCCC2O)c(Br)c1. The first kappa shape index (κ1) is 12.4. The number of rotatable bonds is 2. The van der Waals surface area contributed by atoms with Gasteiger partial charge >= 0.3 is 0 Å². The van der Waals surface area contributed by atoms with E-state index < -0.39 is 0 Å². The van der Waals surface area contributed by atoms with E-state index in [1.165, 1.54) is 5.56 Å². The summed E-state index contributed by atoms with van der Waals surface area (Å²) < 4.78 is 2.08. The molecule has 16 heavy (non-hydrogen) atoms. The molecule has 2 nitrogen and oxygen atoms in total. The lowest BCUT2D eigenvalue weighted by atomic mass is 10.2. The van der Waals surface area contributed by atoms with Crippen molar-refractivity contribution in [2.45, 2.75) is 38.3 Å². The first-order valence-corrected chi connectivity index (χ1v) is 7.07. The van der Waals surface area contributed by atoms with Gasteiger partial charge in [0.15, 0.2) is 0 Å². The van der Waals surface area contributed by atoms with E-state index in [9.17, 15) is 5.11 Å². The van der Waals surface area contributed by atoms with Crippen molar-refractivity contribution in [1.29, 1.82) is 0 Å². The second-order valence-corrected chi connectivity index (χ2v) is 6.06. The van der Waals surface area contributed by atoms with Crippen LogP contribution in [0.4, 0.5) is 5.69 Å². The summed E-state index contributed by atoms with van der Waals surface area (Å²) in [5.74, 6) is 0. The maximum absolute atomic E-state index is 9.79. The van der Waals surface area contributed by atoms with Crippen molar-refractivity contribution in [3.63, 3.8) is 0 Å². The molecule has 4 heteroatoms. The highest BCUT2D eigenvalue weighted by Gasteiger charge is 2.25. The Hall–Kier alpha value is -0.0600. The molecule has 2 unspecified atom stereocenters. The lowest BCUT2D eigenvalue weighted by Crippen LogP contribution is -2.28. The average Bonchev–Trinajstić information content (AvgIpc) is 2.57. The molecule has 88 valence electrons. The number of hydrogen-bond acceptors (Lipinski definition) is 2. The summed E-state index contributed by atoms with van der Waals surface area (Å²) in [4.78, 5) is 0. The van der Waals surface area contributed by atoms with E-state index >= 15 is 0 Å². The van der Waals surface area contributed by atoms with Crippen molar-refractivity contribution >= 4 is 37.5 Å². The molecule has 1 fully saturated rings. The summed E-state index contributed by atoms with van der Waals surface area (Å²) in [6.45, 7) is 2.06. The van der Waals surface area contributed by atoms with Gasteiger partial charge in [0.1, 0.15) is 0 Å². The van der Waals surface area contributed by atoms with Gasteiger partial charge in [0.25, 0.3) is 0 Å². The molecule has 0 heterocycles. The summed E-state index contributed by atoms with van der Waals surface area (Å²) in [5, 5.41) is 13.2. The van der Waals surface area contributed by atoms with E-state index in [2.05, 4.69) is 56.2 Å². The molecule has 2 atom stereocenters. The van der Waals surface area contributed by atoms with Crippen LogP contribution in [0.1, 0.15) is 24.8 Å². The topological polar surface area (TPSA) is 32.3 Å². The summed E-state index contributed by atoms with van der Waals surface area (Å²) in [6.07, 6.45) is 2.81. The van der Waals surface area contributed by atoms with E-state index in [0.717, 1.165) is 33.9 Å². The number of benzene rings is 1. The molecule has 0 aliphatic heterocycles. The largest absolute Gasteiger partial charge is 0.391 e. The molecule has 0 saturated heterocycles. The third-order valence-corrected chi connectivity index (χ3v) is 4.25. The second kappa shape index (κ2) is 5.07. The molecule has 1 saturated carbocycles. The fourth-order valence-electron chi connectivity index (χ4n) is 2.13. The van der Waals surface area contributed by atoms with Crippen LogP contribution in [-0.2, 0) is 0 Å². The minimum absolute atomic E-state index is 0.176. The first-order valence-electron chi connectivity index (χ1n) is 5.48. The minimum Gasteiger partial charge on any atom is -0.391 e. The van der Waals surface area contributed by atoms with Crippen molar-refractivity contribution < 1.29 is 5.11 Å². The van der Waals surface area contributed by atoms with Gasteiger partial charge in [-0.3, -0.25) is 0 Å². The smallest absolute Gasteiger partial charge is 0.0741 e. The number of aliphatic hydroxyl groups is 1. The maximum Gasteiger partial charge on any atom is 0.0741 e. The number of halogens is 2. The summed E-state index contributed by atoms with van der Waals surface area (Å²) in [7, 11) is 0. The van der Waals surface area contributed by atoms with Crippen molar-refractivity contribution in [2.75, 3.05) is 5.32 Å². The molecule has 0 radical (unpaired) electrons. The van der Waals surface area contributed by atoms with Gasteiger partial charge in [0, 0.05) is 8.95 Å². The van der Waals surface area contributed by atoms with Gasteiger partial charge < -0.3 is 10.4 Å². The molecule has 2 N–H and O–H groups in total. The number of anilines is 1. The zero-order valence-electron chi connectivity index (χ0n) is 9.13. The summed E-state index contributed by atoms with van der Waals surface area (Å²) in [6, 6.07) is 4.33. The highest BCUT2D eigenvalue weighted by atomic mass is 79.9. The Kier molecular flexibility index (Phi) is 3.93. The third-order valence-electron chi connectivity index (χ3n) is 3.00. The molecule has 1 aromatic rings. The van der Waals surface area contributed by atoms with Crippen molar-refractivity contribution in [2.24, 2.45) is 0 Å². The third kappa shape index (κ3) is 2.60. The van der Waals surface area contributed by atoms with Gasteiger partial charge in [-0.25, -0.2) is 0 Å². The molecular formula is C12H15Br2NO. The normalized spacial score (nSPS) is 24.8. The van der Waals surface area contributed by atoms with Crippen LogP contribution in [0, 0.1) is 6.92 Å². The van der Waals surface area contributed by atoms with Crippen molar-refractivity contribution in [1.82, 2.24) is 0 Å². The van der Waals surface area contributed by atoms with Gasteiger partial charge in [-0.05, 0) is 75.7 Å². The van der Waals surface area contributed by atoms with E-state index in [-0.39, 0.29) is 12.1 Å². The Morgan fingerprint density at radius 1 is 1.25 bits per heavy atom. The molecule has 1 aliphatic rings. The Morgan fingerprint density at radius 3 is 2.38 bits per heavy atom. The highest BCUT2D eigenvalue weighted by Crippen LogP contribution is 2.34. The van der Waals surface area contributed by atoms with Gasteiger partial charge in [0.05, 0.1) is 17.8 Å². The molecule has 1 aromatic carbocycles. The first-order chi connectivity index (χ1) is 7.58. The molecule has 0 bridgehead atoms. The van der Waals surface area contributed by atoms with Crippen LogP contribution >= 0.6 is 31.9 Å². The average molecular weight is 349 g/mol. The van der Waals surface area contributed by atoms with E-state index in [4.69, 9.17) is 0 Å². The van der Waals surface area contributed by atoms with Gasteiger partial charge in [-0.2, -0.15) is 0 Å². The predicted octanol–water partition coefficient (Wildman–Crippen LogP) is 3.85. The van der Waals surface area contributed by atoms with Crippen LogP contribution < -0.4 is 5.32 Å². The zero-order valence-corrected chi connectivity index (χ0v) is 12.3. The summed E-state index contributed by atoms with van der Waals surface area (Å²) >= 11 is 7.10. The predicted molar refractivity (Wildman–Crippen MR) is 73.8 cm³/mol. The maximum atomic E-state index is 9.79. The lowest BCUT2D eigenvalue weighted by molar-refractivity contribution is 0.172. The molecule has 1 aliphatic carbocycles. The molecule has 0 amide bonds. The quantitative estimate of drug-likeness (QED) is 0.850. The Morgan fingerprint density at radius 2 is 1.88 bits per heavy atom. The van der Waals surface area contributed by atoms with Crippen LogP contribution in [0.3, 0.4) is 0 Å². The Labute approximate surface area is 113 Å². The number of hydrogen-bond donors (Lipinski definition) is 2. The van der Waals surface area contributed by atoms with Crippen molar-refractivity contribution in [3.8, 4) is 0 Å². The van der Waals surface area contributed by atoms with E-state index in [1.807, 2.05) is 0 Å². The van der Waals surface area contributed by atoms with Crippen LogP contribution in [-0.4, -0.2) is 17.3 Å². The monoisotopic (exact) mass is 347 g/mol. The van der Waals surface area contributed by atoms with Crippen LogP contribution in [0.5, 0.6) is 0 Å². The lowest BCUT2D eigenvalue weighted by Gasteiger charge is -2.20. The number of aryl methyl sites for hydroxylation is 1. The van der Waals surface area contributed by atoms with Gasteiger partial charge in [-0.1, -0.05) is 0 Å². The van der Waals surface area contributed by atoms with Gasteiger partial charge in [-0.15, -0.1) is 0 Å². The van der Waals surface area contributed by atoms with Crippen LogP contribution in [0.2, 0.25) is 0 Å². The fourth-order valence-corrected chi connectivity index (χ4v) is 3.78. The van der Waals surface area contributed by atoms with Crippen molar-refractivity contribution in [3.05, 3.63) is 26.6 Å². The number of aliphatic hydroxyl groups excluding tert-OH is 1. The van der Waals surface area contributed by atoms with Crippen LogP contribution in [0.15, 0.2) is 21.1 Å². The Bertz CT molecular complexity index is 372. The molecule has 2 rings (SSSR count). The standard InChI is InChI=1S/C12H15Br2NO/c1-7-5-8(13)12(9(14)6-7)15-10-3-2-4-11(10)16/h5-6,10-11,15-16H,2-4H2,1H3. The molecule has 0 spiro atoms. The second-order valence-electron chi connectivity index (χ2n) is 4.35. The van der Waals surface area contributed by atoms with E-state index in [0.29, 0.717) is 0 Å². The van der Waals surface area contributed by atoms with E-state index in [1.54, 1.807) is 0 Å². The highest BCUT2D eigenvalue weighted by molar-refractivity contribution is 9.11. The van der Waals surface area contributed by atoms with Gasteiger partial charge in [0.2, 0.25) is 0 Å². The van der Waals surface area contributed by atoms with Crippen LogP contribution in [0.25, 0.3) is 0 Å². The zero-order chi connectivity index (χ0) is 11.7. The fraction of sp³-hybridized carbons (Fsp3) is 0.500. The summed E-state index contributed by atoms with van der Waals surface area (Å²) in [5.41, 5.74) is 2.24. The Balaban J connectivity index is 2.21.